The molecule has 1 N–H and O–H groups in total. The first-order valence-corrected chi connectivity index (χ1v) is 7.77. The van der Waals surface area contributed by atoms with Crippen molar-refractivity contribution in [2.45, 2.75) is 57.1 Å². The molecule has 1 aliphatic carbocycles. The minimum absolute atomic E-state index is 0.345. The molecule has 0 amide bonds. The van der Waals surface area contributed by atoms with E-state index in [0.29, 0.717) is 12.1 Å². The van der Waals surface area contributed by atoms with Crippen molar-refractivity contribution in [3.63, 3.8) is 0 Å². The van der Waals surface area contributed by atoms with E-state index in [1.54, 1.807) is 6.20 Å². The highest BCUT2D eigenvalue weighted by Crippen LogP contribution is 2.23. The number of nitrogens with one attached hydrogen (secondary N) is 1. The average molecular weight is 270 g/mol. The summed E-state index contributed by atoms with van der Waals surface area (Å²) in [5.41, 5.74) is 0.951. The van der Waals surface area contributed by atoms with Gasteiger partial charge in [0, 0.05) is 11.8 Å². The van der Waals surface area contributed by atoms with Gasteiger partial charge in [0.05, 0.1) is 18.3 Å². The standard InChI is InChI=1S/C17H22N2O/c1-2-6-16(7-3-1)20-17-11-14(12-18-13-17)8-9-15-5-4-10-19-15/h11-13,15-16,19H,1-7,10H2/t15-/m1/s1. The summed E-state index contributed by atoms with van der Waals surface area (Å²) in [4.78, 5) is 4.25. The van der Waals surface area contributed by atoms with Gasteiger partial charge in [0.2, 0.25) is 0 Å². The molecule has 3 nitrogen and oxygen atoms in total. The van der Waals surface area contributed by atoms with Gasteiger partial charge in [-0.15, -0.1) is 0 Å². The van der Waals surface area contributed by atoms with E-state index in [0.717, 1.165) is 24.3 Å². The third-order valence-electron chi connectivity index (χ3n) is 4.02. The van der Waals surface area contributed by atoms with Crippen molar-refractivity contribution in [1.29, 1.82) is 0 Å². The van der Waals surface area contributed by atoms with Crippen LogP contribution in [0.3, 0.4) is 0 Å². The van der Waals surface area contributed by atoms with Crippen molar-refractivity contribution in [3.8, 4) is 17.6 Å². The molecule has 0 spiro atoms. The summed E-state index contributed by atoms with van der Waals surface area (Å²) in [6.45, 7) is 1.09. The molecule has 1 saturated carbocycles. The van der Waals surface area contributed by atoms with E-state index in [2.05, 4.69) is 22.1 Å². The number of aromatic nitrogens is 1. The fourth-order valence-corrected chi connectivity index (χ4v) is 2.91. The quantitative estimate of drug-likeness (QED) is 0.839. The zero-order valence-electron chi connectivity index (χ0n) is 11.9. The monoisotopic (exact) mass is 270 g/mol. The third-order valence-corrected chi connectivity index (χ3v) is 4.02. The van der Waals surface area contributed by atoms with Crippen LogP contribution in [-0.2, 0) is 0 Å². The molecule has 2 fully saturated rings. The second-order valence-corrected chi connectivity index (χ2v) is 5.71. The van der Waals surface area contributed by atoms with Crippen LogP contribution in [0, 0.1) is 11.8 Å². The lowest BCUT2D eigenvalue weighted by Gasteiger charge is -2.22. The van der Waals surface area contributed by atoms with Crippen LogP contribution in [0.1, 0.15) is 50.5 Å². The molecule has 0 aromatic carbocycles. The van der Waals surface area contributed by atoms with Crippen LogP contribution in [0.5, 0.6) is 5.75 Å². The lowest BCUT2D eigenvalue weighted by Crippen LogP contribution is -2.19. The zero-order chi connectivity index (χ0) is 13.6. The van der Waals surface area contributed by atoms with Crippen LogP contribution >= 0.6 is 0 Å². The second kappa shape index (κ2) is 6.76. The molecule has 0 bridgehead atoms. The van der Waals surface area contributed by atoms with E-state index < -0.39 is 0 Å². The van der Waals surface area contributed by atoms with Gasteiger partial charge in [-0.2, -0.15) is 0 Å². The fourth-order valence-electron chi connectivity index (χ4n) is 2.91. The van der Waals surface area contributed by atoms with Crippen LogP contribution in [0.25, 0.3) is 0 Å². The van der Waals surface area contributed by atoms with Crippen LogP contribution in [0.15, 0.2) is 18.5 Å². The molecule has 1 aromatic heterocycles. The lowest BCUT2D eigenvalue weighted by molar-refractivity contribution is 0.154. The van der Waals surface area contributed by atoms with E-state index in [1.807, 2.05) is 12.3 Å². The van der Waals surface area contributed by atoms with Gasteiger partial charge >= 0.3 is 0 Å². The summed E-state index contributed by atoms with van der Waals surface area (Å²) in [7, 11) is 0. The molecule has 1 atom stereocenters. The molecule has 1 aliphatic heterocycles. The molecule has 0 radical (unpaired) electrons. The minimum Gasteiger partial charge on any atom is -0.489 e. The Morgan fingerprint density at radius 1 is 1.10 bits per heavy atom. The van der Waals surface area contributed by atoms with Crippen molar-refractivity contribution in [3.05, 3.63) is 24.0 Å². The Bertz CT molecular complexity index is 491. The average Bonchev–Trinajstić information content (AvgIpc) is 3.00. The van der Waals surface area contributed by atoms with Gasteiger partial charge in [-0.05, 0) is 51.1 Å². The van der Waals surface area contributed by atoms with E-state index in [1.165, 1.54) is 38.5 Å². The number of nitrogens with zero attached hydrogens (tertiary/aromatic N) is 1. The Morgan fingerprint density at radius 3 is 2.80 bits per heavy atom. The highest BCUT2D eigenvalue weighted by Gasteiger charge is 2.15. The summed E-state index contributed by atoms with van der Waals surface area (Å²) < 4.78 is 6.02. The fraction of sp³-hybridized carbons (Fsp3) is 0.588. The molecular weight excluding hydrogens is 248 g/mol. The number of rotatable bonds is 2. The number of hydrogen-bond donors (Lipinski definition) is 1. The first kappa shape index (κ1) is 13.5. The molecule has 3 heteroatoms. The molecular formula is C17H22N2O. The predicted molar refractivity (Wildman–Crippen MR) is 79.6 cm³/mol. The normalized spacial score (nSPS) is 23.1. The largest absolute Gasteiger partial charge is 0.489 e. The first-order chi connectivity index (χ1) is 9.90. The minimum atomic E-state index is 0.345. The van der Waals surface area contributed by atoms with Crippen LogP contribution < -0.4 is 10.1 Å². The highest BCUT2D eigenvalue weighted by atomic mass is 16.5. The third kappa shape index (κ3) is 3.74. The highest BCUT2D eigenvalue weighted by molar-refractivity contribution is 5.37. The smallest absolute Gasteiger partial charge is 0.139 e. The van der Waals surface area contributed by atoms with E-state index in [-0.39, 0.29) is 0 Å². The molecule has 1 saturated heterocycles. The Labute approximate surface area is 121 Å². The van der Waals surface area contributed by atoms with E-state index in [4.69, 9.17) is 4.74 Å². The van der Waals surface area contributed by atoms with Crippen molar-refractivity contribution < 1.29 is 4.74 Å². The Hall–Kier alpha value is -1.53. The summed E-state index contributed by atoms with van der Waals surface area (Å²) in [5, 5.41) is 3.38. The number of hydrogen-bond acceptors (Lipinski definition) is 3. The Balaban J connectivity index is 1.62. The Morgan fingerprint density at radius 2 is 2.00 bits per heavy atom. The number of pyridine rings is 1. The van der Waals surface area contributed by atoms with Gasteiger partial charge in [0.15, 0.2) is 0 Å². The Kier molecular flexibility index (Phi) is 4.55. The molecule has 2 heterocycles. The van der Waals surface area contributed by atoms with Crippen molar-refractivity contribution in [1.82, 2.24) is 10.3 Å². The molecule has 0 unspecified atom stereocenters. The summed E-state index contributed by atoms with van der Waals surface area (Å²) in [6, 6.07) is 2.36. The van der Waals surface area contributed by atoms with Gasteiger partial charge in [0.25, 0.3) is 0 Å². The van der Waals surface area contributed by atoms with Crippen molar-refractivity contribution >= 4 is 0 Å². The SMILES string of the molecule is C(#C[C@H]1CCCN1)c1cncc(OC2CCCCC2)c1. The maximum atomic E-state index is 6.02. The zero-order valence-corrected chi connectivity index (χ0v) is 11.9. The van der Waals surface area contributed by atoms with Crippen molar-refractivity contribution in [2.24, 2.45) is 0 Å². The maximum Gasteiger partial charge on any atom is 0.139 e. The van der Waals surface area contributed by atoms with E-state index in [9.17, 15) is 0 Å². The summed E-state index contributed by atoms with van der Waals surface area (Å²) in [5.74, 6) is 7.35. The van der Waals surface area contributed by atoms with Gasteiger partial charge < -0.3 is 10.1 Å². The lowest BCUT2D eigenvalue weighted by atomic mass is 9.98. The molecule has 106 valence electrons. The van der Waals surface area contributed by atoms with Gasteiger partial charge in [0.1, 0.15) is 5.75 Å². The van der Waals surface area contributed by atoms with Crippen LogP contribution in [-0.4, -0.2) is 23.7 Å². The van der Waals surface area contributed by atoms with Gasteiger partial charge in [-0.25, -0.2) is 0 Å². The maximum absolute atomic E-state index is 6.02. The predicted octanol–water partition coefficient (Wildman–Crippen LogP) is 2.90. The van der Waals surface area contributed by atoms with Gasteiger partial charge in [-0.3, -0.25) is 4.98 Å². The molecule has 3 rings (SSSR count). The molecule has 1 aromatic rings. The first-order valence-electron chi connectivity index (χ1n) is 7.77. The topological polar surface area (TPSA) is 34.2 Å². The number of ether oxygens (including phenoxy) is 1. The van der Waals surface area contributed by atoms with E-state index >= 15 is 0 Å². The summed E-state index contributed by atoms with van der Waals surface area (Å²) >= 11 is 0. The second-order valence-electron chi connectivity index (χ2n) is 5.71. The van der Waals surface area contributed by atoms with Crippen LogP contribution in [0.4, 0.5) is 0 Å². The molecule has 20 heavy (non-hydrogen) atoms. The van der Waals surface area contributed by atoms with Gasteiger partial charge in [-0.1, -0.05) is 18.3 Å². The summed E-state index contributed by atoms with van der Waals surface area (Å²) in [6.07, 6.45) is 12.6. The van der Waals surface area contributed by atoms with Crippen molar-refractivity contribution in [2.75, 3.05) is 6.54 Å². The molecule has 2 aliphatic rings. The van der Waals surface area contributed by atoms with Crippen LogP contribution in [0.2, 0.25) is 0 Å².